The maximum atomic E-state index is 13.3. The highest BCUT2D eigenvalue weighted by atomic mass is 16.7. The Morgan fingerprint density at radius 3 is 2.69 bits per heavy atom. The van der Waals surface area contributed by atoms with Crippen LogP contribution >= 0.6 is 0 Å². The highest BCUT2D eigenvalue weighted by Gasteiger charge is 2.71. The van der Waals surface area contributed by atoms with Crippen molar-refractivity contribution in [3.8, 4) is 0 Å². The van der Waals surface area contributed by atoms with E-state index in [0.29, 0.717) is 30.9 Å². The molecule has 2 unspecified atom stereocenters. The van der Waals surface area contributed by atoms with Crippen LogP contribution in [-0.4, -0.2) is 22.5 Å². The van der Waals surface area contributed by atoms with Gasteiger partial charge in [-0.05, 0) is 36.5 Å². The predicted molar refractivity (Wildman–Crippen MR) is 115 cm³/mol. The van der Waals surface area contributed by atoms with Crippen molar-refractivity contribution < 1.29 is 23.8 Å². The van der Waals surface area contributed by atoms with Gasteiger partial charge in [-0.25, -0.2) is 4.79 Å². The molecule has 2 atom stereocenters. The molecule has 1 aromatic carbocycles. The lowest BCUT2D eigenvalue weighted by Crippen LogP contribution is -2.46. The second-order valence-corrected chi connectivity index (χ2v) is 9.20. The number of rotatable bonds is 6. The second-order valence-electron chi connectivity index (χ2n) is 9.20. The average molecular weight is 439 g/mol. The molecule has 0 saturated heterocycles. The van der Waals surface area contributed by atoms with E-state index in [9.17, 15) is 19.7 Å². The molecular weight excluding hydrogens is 414 g/mol. The Labute approximate surface area is 185 Å². The van der Waals surface area contributed by atoms with Gasteiger partial charge in [0.1, 0.15) is 5.76 Å². The minimum atomic E-state index is -0.776. The van der Waals surface area contributed by atoms with Crippen molar-refractivity contribution in [1.82, 2.24) is 5.32 Å². The van der Waals surface area contributed by atoms with E-state index in [-0.39, 0.29) is 17.2 Å². The molecule has 2 aliphatic rings. The van der Waals surface area contributed by atoms with Gasteiger partial charge in [0.05, 0.1) is 34.4 Å². The van der Waals surface area contributed by atoms with Crippen LogP contribution in [0.2, 0.25) is 0 Å². The third-order valence-corrected chi connectivity index (χ3v) is 7.70. The summed E-state index contributed by atoms with van der Waals surface area (Å²) >= 11 is 0. The highest BCUT2D eigenvalue weighted by molar-refractivity contribution is 6.02. The summed E-state index contributed by atoms with van der Waals surface area (Å²) in [6, 6.07) is 8.88. The quantitative estimate of drug-likeness (QED) is 0.408. The third kappa shape index (κ3) is 3.19. The van der Waals surface area contributed by atoms with E-state index >= 15 is 0 Å². The summed E-state index contributed by atoms with van der Waals surface area (Å²) in [6.07, 6.45) is 3.38. The number of nitrogens with zero attached hydrogens (tertiary/aromatic N) is 2. The molecule has 168 valence electrons. The molecule has 0 radical (unpaired) electrons. The van der Waals surface area contributed by atoms with Gasteiger partial charge in [-0.3, -0.25) is 14.9 Å². The fourth-order valence-corrected chi connectivity index (χ4v) is 5.17. The number of fused-ring (bicyclic) bond motifs is 2. The molecule has 0 spiro atoms. The Hall–Kier alpha value is -3.49. The Balaban J connectivity index is 1.54. The lowest BCUT2D eigenvalue weighted by atomic mass is 9.64. The number of nitro groups is 1. The topological polar surface area (TPSA) is 124 Å². The minimum absolute atomic E-state index is 0.0435. The van der Waals surface area contributed by atoms with E-state index in [1.165, 1.54) is 18.2 Å². The number of benzene rings is 1. The molecule has 4 rings (SSSR count). The maximum Gasteiger partial charge on any atom is 0.365 e. The molecule has 1 heterocycles. The normalized spacial score (nSPS) is 26.8. The number of carbonyl (C=O) groups excluding carboxylic acids is 2. The SMILES string of the molecule is CC12CCC(C(=O)NCc3ccco3)(C/C1=N\OC(=O)c1cccc([N+](=O)[O-])c1)C2(C)C. The molecule has 0 aliphatic heterocycles. The van der Waals surface area contributed by atoms with Gasteiger partial charge in [0, 0.05) is 24.0 Å². The van der Waals surface area contributed by atoms with Crippen LogP contribution in [0.5, 0.6) is 0 Å². The summed E-state index contributed by atoms with van der Waals surface area (Å²) in [4.78, 5) is 41.3. The number of non-ortho nitro benzene ring substituents is 1. The standard InChI is InChI=1S/C23H25N3O6/c1-21(2)22(3)9-10-23(21,20(28)24-14-17-8-5-11-31-17)13-18(22)25-32-19(27)15-6-4-7-16(12-15)26(29)30/h4-8,11-12H,9-10,13-14H2,1-3H3,(H,24,28)/b25-18+. The van der Waals surface area contributed by atoms with Gasteiger partial charge < -0.3 is 14.6 Å². The predicted octanol–water partition coefficient (Wildman–Crippen LogP) is 4.23. The van der Waals surface area contributed by atoms with E-state index in [4.69, 9.17) is 9.25 Å². The van der Waals surface area contributed by atoms with Gasteiger partial charge in [-0.15, -0.1) is 0 Å². The van der Waals surface area contributed by atoms with E-state index < -0.39 is 27.1 Å². The van der Waals surface area contributed by atoms with Gasteiger partial charge in [-0.1, -0.05) is 32.0 Å². The van der Waals surface area contributed by atoms with Crippen molar-refractivity contribution in [2.45, 2.75) is 46.6 Å². The molecule has 2 aliphatic carbocycles. The van der Waals surface area contributed by atoms with Crippen molar-refractivity contribution in [3.05, 3.63) is 64.1 Å². The van der Waals surface area contributed by atoms with Crippen LogP contribution in [0.1, 0.15) is 56.2 Å². The lowest BCUT2D eigenvalue weighted by Gasteiger charge is -2.39. The van der Waals surface area contributed by atoms with E-state index in [0.717, 1.165) is 12.5 Å². The van der Waals surface area contributed by atoms with Gasteiger partial charge in [0.2, 0.25) is 5.91 Å². The Morgan fingerprint density at radius 1 is 1.22 bits per heavy atom. The smallest absolute Gasteiger partial charge is 0.365 e. The second kappa shape index (κ2) is 7.58. The number of furan rings is 1. The van der Waals surface area contributed by atoms with Gasteiger partial charge in [-0.2, -0.15) is 0 Å². The Morgan fingerprint density at radius 2 is 2.00 bits per heavy atom. The van der Waals surface area contributed by atoms with Crippen LogP contribution in [0.4, 0.5) is 5.69 Å². The van der Waals surface area contributed by atoms with Crippen molar-refractivity contribution in [1.29, 1.82) is 0 Å². The van der Waals surface area contributed by atoms with Gasteiger partial charge in [0.25, 0.3) is 5.69 Å². The number of amides is 1. The zero-order valence-corrected chi connectivity index (χ0v) is 18.2. The molecular formula is C23H25N3O6. The van der Waals surface area contributed by atoms with Crippen LogP contribution in [0.15, 0.2) is 52.2 Å². The monoisotopic (exact) mass is 439 g/mol. The molecule has 9 nitrogen and oxygen atoms in total. The molecule has 2 bridgehead atoms. The maximum absolute atomic E-state index is 13.3. The van der Waals surface area contributed by atoms with Crippen LogP contribution < -0.4 is 5.32 Å². The zero-order chi connectivity index (χ0) is 23.1. The molecule has 9 heteroatoms. The molecule has 32 heavy (non-hydrogen) atoms. The molecule has 2 aromatic rings. The summed E-state index contributed by atoms with van der Waals surface area (Å²) in [7, 11) is 0. The average Bonchev–Trinajstić information content (AvgIpc) is 3.40. The van der Waals surface area contributed by atoms with Crippen molar-refractivity contribution in [3.63, 3.8) is 0 Å². The lowest BCUT2D eigenvalue weighted by molar-refractivity contribution is -0.384. The summed E-state index contributed by atoms with van der Waals surface area (Å²) in [6.45, 7) is 6.45. The van der Waals surface area contributed by atoms with Crippen LogP contribution in [0.3, 0.4) is 0 Å². The first-order chi connectivity index (χ1) is 15.1. The van der Waals surface area contributed by atoms with E-state index in [2.05, 4.69) is 24.3 Å². The first-order valence-corrected chi connectivity index (χ1v) is 10.4. The van der Waals surface area contributed by atoms with Gasteiger partial charge in [0.15, 0.2) is 0 Å². The number of carbonyl (C=O) groups is 2. The number of oxime groups is 1. The molecule has 2 fully saturated rings. The van der Waals surface area contributed by atoms with Crippen LogP contribution in [0.25, 0.3) is 0 Å². The number of hydrogen-bond donors (Lipinski definition) is 1. The molecule has 2 saturated carbocycles. The van der Waals surface area contributed by atoms with Crippen LogP contribution in [-0.2, 0) is 16.2 Å². The molecule has 1 amide bonds. The van der Waals surface area contributed by atoms with Crippen LogP contribution in [0, 0.1) is 26.4 Å². The summed E-state index contributed by atoms with van der Waals surface area (Å²) in [5.74, 6) is -0.175. The number of nitrogens with one attached hydrogen (secondary N) is 1. The molecule has 1 N–H and O–H groups in total. The summed E-state index contributed by atoms with van der Waals surface area (Å²) in [5.41, 5.74) is -1.01. The van der Waals surface area contributed by atoms with Crippen molar-refractivity contribution >= 4 is 23.3 Å². The highest BCUT2D eigenvalue weighted by Crippen LogP contribution is 2.71. The van der Waals surface area contributed by atoms with Crippen molar-refractivity contribution in [2.24, 2.45) is 21.4 Å². The zero-order valence-electron chi connectivity index (χ0n) is 18.2. The first kappa shape index (κ1) is 21.7. The fourth-order valence-electron chi connectivity index (χ4n) is 5.17. The van der Waals surface area contributed by atoms with E-state index in [1.807, 2.05) is 6.92 Å². The first-order valence-electron chi connectivity index (χ1n) is 10.4. The van der Waals surface area contributed by atoms with Crippen molar-refractivity contribution in [2.75, 3.05) is 0 Å². The number of nitro benzene ring substituents is 1. The summed E-state index contributed by atoms with van der Waals surface area (Å²) in [5, 5.41) is 18.1. The largest absolute Gasteiger partial charge is 0.467 e. The summed E-state index contributed by atoms with van der Waals surface area (Å²) < 4.78 is 5.31. The third-order valence-electron chi connectivity index (χ3n) is 7.70. The number of hydrogen-bond acceptors (Lipinski definition) is 7. The van der Waals surface area contributed by atoms with Gasteiger partial charge >= 0.3 is 5.97 Å². The fraction of sp³-hybridized carbons (Fsp3) is 0.435. The minimum Gasteiger partial charge on any atom is -0.467 e. The molecule has 1 aromatic heterocycles. The Kier molecular flexibility index (Phi) is 5.15. The Bertz CT molecular complexity index is 1110. The van der Waals surface area contributed by atoms with E-state index in [1.54, 1.807) is 18.4 Å².